The molecule has 0 radical (unpaired) electrons. The Hall–Kier alpha value is -2.18. The molecule has 1 N–H and O–H groups in total. The van der Waals surface area contributed by atoms with Crippen molar-refractivity contribution in [1.82, 2.24) is 15.1 Å². The van der Waals surface area contributed by atoms with Gasteiger partial charge in [0.2, 0.25) is 5.79 Å². The smallest absolute Gasteiger partial charge is 0.267 e. The SMILES string of the molecule is Cc1c(-c2ccc3c(c2)COC2(CCN(C4CCC4)CC2)O3)n[nH]c(=O)c1C. The third-order valence-electron chi connectivity index (χ3n) is 6.80. The van der Waals surface area contributed by atoms with Crippen molar-refractivity contribution in [3.8, 4) is 17.0 Å². The maximum absolute atomic E-state index is 11.8. The molecule has 0 bridgehead atoms. The molecular formula is C22H27N3O3. The Morgan fingerprint density at radius 2 is 1.96 bits per heavy atom. The molecule has 0 amide bonds. The van der Waals surface area contributed by atoms with E-state index in [0.29, 0.717) is 12.2 Å². The summed E-state index contributed by atoms with van der Waals surface area (Å²) in [4.78, 5) is 14.4. The van der Waals surface area contributed by atoms with Gasteiger partial charge >= 0.3 is 0 Å². The van der Waals surface area contributed by atoms with E-state index in [9.17, 15) is 4.79 Å². The molecule has 3 heterocycles. The summed E-state index contributed by atoms with van der Waals surface area (Å²) in [5, 5.41) is 6.84. The third kappa shape index (κ3) is 2.95. The van der Waals surface area contributed by atoms with Crippen molar-refractivity contribution in [3.63, 3.8) is 0 Å². The Morgan fingerprint density at radius 3 is 2.68 bits per heavy atom. The number of H-pyrrole nitrogens is 1. The fourth-order valence-corrected chi connectivity index (χ4v) is 4.51. The predicted octanol–water partition coefficient (Wildman–Crippen LogP) is 3.31. The zero-order valence-corrected chi connectivity index (χ0v) is 16.6. The number of rotatable bonds is 2. The molecule has 1 saturated heterocycles. The van der Waals surface area contributed by atoms with Gasteiger partial charge in [0.1, 0.15) is 5.75 Å². The third-order valence-corrected chi connectivity index (χ3v) is 6.80. The Balaban J connectivity index is 1.35. The molecule has 1 aromatic heterocycles. The highest BCUT2D eigenvalue weighted by molar-refractivity contribution is 5.65. The van der Waals surface area contributed by atoms with E-state index in [4.69, 9.17) is 9.47 Å². The van der Waals surface area contributed by atoms with E-state index in [2.05, 4.69) is 21.2 Å². The fraction of sp³-hybridized carbons (Fsp3) is 0.545. The standard InChI is InChI=1S/C22H27N3O3/c1-14-15(2)21(26)24-23-20(14)16-6-7-19-17(12-16)13-27-22(28-19)8-10-25(11-9-22)18-4-3-5-18/h6-7,12,18H,3-5,8-11,13H2,1-2H3,(H,24,26). The summed E-state index contributed by atoms with van der Waals surface area (Å²) in [5.74, 6) is 0.434. The number of hydrogen-bond acceptors (Lipinski definition) is 5. The van der Waals surface area contributed by atoms with Crippen LogP contribution in [-0.2, 0) is 11.3 Å². The molecule has 148 valence electrons. The van der Waals surface area contributed by atoms with Gasteiger partial charge in [-0.15, -0.1) is 0 Å². The first-order chi connectivity index (χ1) is 13.5. The minimum absolute atomic E-state index is 0.138. The zero-order chi connectivity index (χ0) is 19.3. The van der Waals surface area contributed by atoms with Gasteiger partial charge in [0.15, 0.2) is 0 Å². The lowest BCUT2D eigenvalue weighted by Crippen LogP contribution is -2.54. The molecule has 6 heteroatoms. The van der Waals surface area contributed by atoms with E-state index >= 15 is 0 Å². The number of likely N-dealkylation sites (tertiary alicyclic amines) is 1. The molecule has 1 aliphatic carbocycles. The Kier molecular flexibility index (Phi) is 4.29. The van der Waals surface area contributed by atoms with Crippen molar-refractivity contribution in [3.05, 3.63) is 45.2 Å². The maximum Gasteiger partial charge on any atom is 0.267 e. The topological polar surface area (TPSA) is 67.5 Å². The molecule has 0 atom stereocenters. The number of ether oxygens (including phenoxy) is 2. The summed E-state index contributed by atoms with van der Waals surface area (Å²) in [6.45, 7) is 6.41. The van der Waals surface area contributed by atoms with Crippen LogP contribution in [0.15, 0.2) is 23.0 Å². The van der Waals surface area contributed by atoms with Crippen LogP contribution in [0.3, 0.4) is 0 Å². The first kappa shape index (κ1) is 17.9. The van der Waals surface area contributed by atoms with Gasteiger partial charge in [-0.2, -0.15) is 5.10 Å². The largest absolute Gasteiger partial charge is 0.462 e. The maximum atomic E-state index is 11.8. The van der Waals surface area contributed by atoms with Gasteiger partial charge in [-0.25, -0.2) is 5.10 Å². The van der Waals surface area contributed by atoms with E-state index in [1.54, 1.807) is 0 Å². The van der Waals surface area contributed by atoms with Crippen LogP contribution in [-0.4, -0.2) is 40.0 Å². The van der Waals surface area contributed by atoms with E-state index in [0.717, 1.165) is 60.1 Å². The van der Waals surface area contributed by atoms with Crippen molar-refractivity contribution in [2.75, 3.05) is 13.1 Å². The Morgan fingerprint density at radius 1 is 1.18 bits per heavy atom. The zero-order valence-electron chi connectivity index (χ0n) is 16.6. The van der Waals surface area contributed by atoms with Gasteiger partial charge in [0.25, 0.3) is 5.56 Å². The van der Waals surface area contributed by atoms with Gasteiger partial charge in [-0.3, -0.25) is 9.69 Å². The van der Waals surface area contributed by atoms with Crippen LogP contribution < -0.4 is 10.3 Å². The van der Waals surface area contributed by atoms with Crippen LogP contribution in [0.5, 0.6) is 5.75 Å². The molecule has 1 aromatic carbocycles. The lowest BCUT2D eigenvalue weighted by Gasteiger charge is -2.47. The van der Waals surface area contributed by atoms with Gasteiger partial charge in [0, 0.05) is 48.7 Å². The van der Waals surface area contributed by atoms with Crippen molar-refractivity contribution in [2.24, 2.45) is 0 Å². The highest BCUT2D eigenvalue weighted by Crippen LogP contribution is 2.40. The summed E-state index contributed by atoms with van der Waals surface area (Å²) in [7, 11) is 0. The summed E-state index contributed by atoms with van der Waals surface area (Å²) < 4.78 is 12.6. The first-order valence-electron chi connectivity index (χ1n) is 10.3. The number of nitrogens with zero attached hydrogens (tertiary/aromatic N) is 2. The number of nitrogens with one attached hydrogen (secondary N) is 1. The molecule has 1 spiro atoms. The fourth-order valence-electron chi connectivity index (χ4n) is 4.51. The first-order valence-corrected chi connectivity index (χ1v) is 10.3. The van der Waals surface area contributed by atoms with Crippen LogP contribution in [0.1, 0.15) is 48.8 Å². The predicted molar refractivity (Wildman–Crippen MR) is 106 cm³/mol. The molecule has 3 aliphatic rings. The number of aromatic nitrogens is 2. The van der Waals surface area contributed by atoms with Gasteiger partial charge < -0.3 is 9.47 Å². The molecule has 5 rings (SSSR count). The highest BCUT2D eigenvalue weighted by atomic mass is 16.7. The molecule has 0 unspecified atom stereocenters. The number of benzene rings is 1. The Labute approximate surface area is 164 Å². The summed E-state index contributed by atoms with van der Waals surface area (Å²) in [6.07, 6.45) is 5.91. The molecule has 28 heavy (non-hydrogen) atoms. The van der Waals surface area contributed by atoms with Crippen LogP contribution >= 0.6 is 0 Å². The minimum atomic E-state index is -0.475. The van der Waals surface area contributed by atoms with Crippen LogP contribution in [0.4, 0.5) is 0 Å². The number of aromatic amines is 1. The van der Waals surface area contributed by atoms with E-state index in [1.807, 2.05) is 26.0 Å². The lowest BCUT2D eigenvalue weighted by molar-refractivity contribution is -0.231. The molecule has 1 saturated carbocycles. The number of hydrogen-bond donors (Lipinski definition) is 1. The molecular weight excluding hydrogens is 354 g/mol. The Bertz CT molecular complexity index is 956. The van der Waals surface area contributed by atoms with E-state index in [-0.39, 0.29) is 5.56 Å². The highest BCUT2D eigenvalue weighted by Gasteiger charge is 2.42. The summed E-state index contributed by atoms with van der Waals surface area (Å²) >= 11 is 0. The molecule has 2 fully saturated rings. The van der Waals surface area contributed by atoms with Crippen molar-refractivity contribution < 1.29 is 9.47 Å². The van der Waals surface area contributed by atoms with Crippen LogP contribution in [0.2, 0.25) is 0 Å². The number of fused-ring (bicyclic) bond motifs is 1. The molecule has 2 aromatic rings. The average molecular weight is 381 g/mol. The quantitative estimate of drug-likeness (QED) is 0.864. The van der Waals surface area contributed by atoms with Gasteiger partial charge in [0.05, 0.1) is 12.3 Å². The van der Waals surface area contributed by atoms with E-state index in [1.165, 1.54) is 19.3 Å². The molecule has 6 nitrogen and oxygen atoms in total. The number of piperidine rings is 1. The van der Waals surface area contributed by atoms with Crippen molar-refractivity contribution in [2.45, 2.75) is 64.4 Å². The monoisotopic (exact) mass is 381 g/mol. The van der Waals surface area contributed by atoms with Crippen LogP contribution in [0.25, 0.3) is 11.3 Å². The normalized spacial score (nSPS) is 21.8. The van der Waals surface area contributed by atoms with Gasteiger partial charge in [-0.1, -0.05) is 6.42 Å². The average Bonchev–Trinajstić information content (AvgIpc) is 2.67. The molecule has 2 aliphatic heterocycles. The van der Waals surface area contributed by atoms with Crippen molar-refractivity contribution >= 4 is 0 Å². The second-order valence-electron chi connectivity index (χ2n) is 8.40. The van der Waals surface area contributed by atoms with Crippen LogP contribution in [0, 0.1) is 13.8 Å². The second-order valence-corrected chi connectivity index (χ2v) is 8.40. The summed E-state index contributed by atoms with van der Waals surface area (Å²) in [5.41, 5.74) is 4.27. The lowest BCUT2D eigenvalue weighted by atomic mass is 9.89. The van der Waals surface area contributed by atoms with E-state index < -0.39 is 5.79 Å². The minimum Gasteiger partial charge on any atom is -0.462 e. The van der Waals surface area contributed by atoms with Crippen molar-refractivity contribution in [1.29, 1.82) is 0 Å². The second kappa shape index (κ2) is 6.71. The summed E-state index contributed by atoms with van der Waals surface area (Å²) in [6, 6.07) is 6.90. The van der Waals surface area contributed by atoms with Gasteiger partial charge in [-0.05, 0) is 50.5 Å².